The molecular weight excluding hydrogens is 204 g/mol. The van der Waals surface area contributed by atoms with E-state index in [0.29, 0.717) is 11.9 Å². The van der Waals surface area contributed by atoms with Crippen LogP contribution in [0.25, 0.3) is 0 Å². The second-order valence-electron chi connectivity index (χ2n) is 4.16. The van der Waals surface area contributed by atoms with Crippen LogP contribution >= 0.6 is 0 Å². The van der Waals surface area contributed by atoms with Gasteiger partial charge in [0.2, 0.25) is 5.95 Å². The molecule has 5 nitrogen and oxygen atoms in total. The molecule has 1 heterocycles. The van der Waals surface area contributed by atoms with Gasteiger partial charge in [0.1, 0.15) is 0 Å². The van der Waals surface area contributed by atoms with Gasteiger partial charge in [0.05, 0.1) is 11.4 Å². The summed E-state index contributed by atoms with van der Waals surface area (Å²) in [6.45, 7) is 6.91. The van der Waals surface area contributed by atoms with E-state index in [1.165, 1.54) is 0 Å². The van der Waals surface area contributed by atoms with Gasteiger partial charge in [-0.25, -0.2) is 4.98 Å². The van der Waals surface area contributed by atoms with Crippen LogP contribution in [0.5, 0.6) is 0 Å². The van der Waals surface area contributed by atoms with Crippen LogP contribution in [-0.2, 0) is 0 Å². The zero-order valence-electron chi connectivity index (χ0n) is 10.2. The van der Waals surface area contributed by atoms with Crippen LogP contribution in [0.1, 0.15) is 31.2 Å². The summed E-state index contributed by atoms with van der Waals surface area (Å²) < 4.78 is 0. The number of aliphatic hydroxyl groups is 1. The number of nitrogens with one attached hydrogen (secondary N) is 1. The summed E-state index contributed by atoms with van der Waals surface area (Å²) in [5.74, 6) is 0.945. The standard InChI is InChI=1S/C11H20N4O/c1-8(7-16)5-4-6-12-11-13-9(2)10(3)14-15-11/h8,16H,4-7H2,1-3H3,(H,12,13,15). The predicted molar refractivity (Wildman–Crippen MR) is 63.3 cm³/mol. The molecule has 1 aromatic heterocycles. The molecule has 2 N–H and O–H groups in total. The maximum absolute atomic E-state index is 8.86. The average Bonchev–Trinajstić information content (AvgIpc) is 2.28. The van der Waals surface area contributed by atoms with E-state index < -0.39 is 0 Å². The fourth-order valence-corrected chi connectivity index (χ4v) is 1.27. The fourth-order valence-electron chi connectivity index (χ4n) is 1.27. The minimum atomic E-state index is 0.252. The summed E-state index contributed by atoms with van der Waals surface area (Å²) in [5, 5.41) is 19.9. The predicted octanol–water partition coefficient (Wildman–Crippen LogP) is 1.31. The van der Waals surface area contributed by atoms with Gasteiger partial charge in [0.25, 0.3) is 0 Å². The molecule has 0 aliphatic carbocycles. The molecule has 0 fully saturated rings. The second kappa shape index (κ2) is 6.37. The Labute approximate surface area is 96.3 Å². The van der Waals surface area contributed by atoms with E-state index >= 15 is 0 Å². The third-order valence-corrected chi connectivity index (χ3v) is 2.56. The van der Waals surface area contributed by atoms with Crippen molar-refractivity contribution in [3.63, 3.8) is 0 Å². The summed E-state index contributed by atoms with van der Waals surface area (Å²) in [6.07, 6.45) is 2.00. The van der Waals surface area contributed by atoms with Crippen molar-refractivity contribution in [3.8, 4) is 0 Å². The maximum atomic E-state index is 8.86. The first-order valence-electron chi connectivity index (χ1n) is 5.66. The van der Waals surface area contributed by atoms with Gasteiger partial charge in [-0.05, 0) is 32.6 Å². The fraction of sp³-hybridized carbons (Fsp3) is 0.727. The number of aryl methyl sites for hydroxylation is 2. The number of hydrogen-bond donors (Lipinski definition) is 2. The molecule has 0 aromatic carbocycles. The highest BCUT2D eigenvalue weighted by Gasteiger charge is 2.02. The van der Waals surface area contributed by atoms with Crippen LogP contribution < -0.4 is 5.32 Å². The smallest absolute Gasteiger partial charge is 0.242 e. The van der Waals surface area contributed by atoms with Crippen molar-refractivity contribution in [2.75, 3.05) is 18.5 Å². The molecule has 0 bridgehead atoms. The van der Waals surface area contributed by atoms with Crippen LogP contribution in [0.2, 0.25) is 0 Å². The zero-order chi connectivity index (χ0) is 12.0. The number of aromatic nitrogens is 3. The SMILES string of the molecule is Cc1nnc(NCCCC(C)CO)nc1C. The number of nitrogens with zero attached hydrogens (tertiary/aromatic N) is 3. The van der Waals surface area contributed by atoms with Gasteiger partial charge < -0.3 is 10.4 Å². The summed E-state index contributed by atoms with van der Waals surface area (Å²) in [5.41, 5.74) is 1.76. The van der Waals surface area contributed by atoms with E-state index in [-0.39, 0.29) is 6.61 Å². The average molecular weight is 224 g/mol. The van der Waals surface area contributed by atoms with Gasteiger partial charge in [-0.1, -0.05) is 6.92 Å². The van der Waals surface area contributed by atoms with E-state index in [1.807, 2.05) is 20.8 Å². The number of rotatable bonds is 6. The van der Waals surface area contributed by atoms with Gasteiger partial charge in [0.15, 0.2) is 0 Å². The van der Waals surface area contributed by atoms with Crippen LogP contribution in [0.4, 0.5) is 5.95 Å². The monoisotopic (exact) mass is 224 g/mol. The molecule has 1 atom stereocenters. The summed E-state index contributed by atoms with van der Waals surface area (Å²) in [4.78, 5) is 4.28. The van der Waals surface area contributed by atoms with Crippen molar-refractivity contribution in [2.24, 2.45) is 5.92 Å². The van der Waals surface area contributed by atoms with Crippen molar-refractivity contribution < 1.29 is 5.11 Å². The minimum absolute atomic E-state index is 0.252. The number of anilines is 1. The summed E-state index contributed by atoms with van der Waals surface area (Å²) in [7, 11) is 0. The van der Waals surface area contributed by atoms with Crippen molar-refractivity contribution in [1.82, 2.24) is 15.2 Å². The van der Waals surface area contributed by atoms with E-state index in [0.717, 1.165) is 30.8 Å². The third-order valence-electron chi connectivity index (χ3n) is 2.56. The van der Waals surface area contributed by atoms with Gasteiger partial charge in [-0.3, -0.25) is 0 Å². The van der Waals surface area contributed by atoms with Gasteiger partial charge in [-0.15, -0.1) is 5.10 Å². The topological polar surface area (TPSA) is 70.9 Å². The van der Waals surface area contributed by atoms with Crippen molar-refractivity contribution in [3.05, 3.63) is 11.4 Å². The highest BCUT2D eigenvalue weighted by Crippen LogP contribution is 2.05. The molecule has 0 saturated carbocycles. The lowest BCUT2D eigenvalue weighted by atomic mass is 10.1. The van der Waals surface area contributed by atoms with Gasteiger partial charge in [0, 0.05) is 13.2 Å². The number of hydrogen-bond acceptors (Lipinski definition) is 5. The van der Waals surface area contributed by atoms with Gasteiger partial charge >= 0.3 is 0 Å². The maximum Gasteiger partial charge on any atom is 0.242 e. The molecule has 0 aliphatic rings. The molecule has 0 aliphatic heterocycles. The Kier molecular flexibility index (Phi) is 5.11. The normalized spacial score (nSPS) is 12.5. The highest BCUT2D eigenvalue weighted by atomic mass is 16.3. The van der Waals surface area contributed by atoms with E-state index in [9.17, 15) is 0 Å². The molecule has 0 radical (unpaired) electrons. The Morgan fingerprint density at radius 1 is 1.25 bits per heavy atom. The quantitative estimate of drug-likeness (QED) is 0.713. The van der Waals surface area contributed by atoms with Crippen LogP contribution in [-0.4, -0.2) is 33.4 Å². The first-order valence-corrected chi connectivity index (χ1v) is 5.66. The van der Waals surface area contributed by atoms with Crippen LogP contribution in [0, 0.1) is 19.8 Å². The molecule has 1 unspecified atom stereocenters. The molecule has 1 rings (SSSR count). The number of aliphatic hydroxyl groups excluding tert-OH is 1. The van der Waals surface area contributed by atoms with Crippen molar-refractivity contribution in [2.45, 2.75) is 33.6 Å². The first-order chi connectivity index (χ1) is 7.63. The Bertz CT molecular complexity index is 330. The van der Waals surface area contributed by atoms with Crippen LogP contribution in [0.15, 0.2) is 0 Å². The molecule has 16 heavy (non-hydrogen) atoms. The molecule has 0 saturated heterocycles. The Balaban J connectivity index is 2.29. The van der Waals surface area contributed by atoms with Crippen molar-refractivity contribution in [1.29, 1.82) is 0 Å². The Hall–Kier alpha value is -1.23. The second-order valence-corrected chi connectivity index (χ2v) is 4.16. The Morgan fingerprint density at radius 2 is 2.00 bits per heavy atom. The van der Waals surface area contributed by atoms with Gasteiger partial charge in [-0.2, -0.15) is 5.10 Å². The van der Waals surface area contributed by atoms with E-state index in [4.69, 9.17) is 5.11 Å². The van der Waals surface area contributed by atoms with E-state index in [1.54, 1.807) is 0 Å². The highest BCUT2D eigenvalue weighted by molar-refractivity contribution is 5.24. The van der Waals surface area contributed by atoms with Crippen molar-refractivity contribution >= 4 is 5.95 Å². The van der Waals surface area contributed by atoms with E-state index in [2.05, 4.69) is 20.5 Å². The molecule has 5 heteroatoms. The molecule has 90 valence electrons. The third kappa shape index (κ3) is 4.10. The molecule has 0 amide bonds. The largest absolute Gasteiger partial charge is 0.396 e. The zero-order valence-corrected chi connectivity index (χ0v) is 10.2. The lowest BCUT2D eigenvalue weighted by Crippen LogP contribution is -2.10. The first kappa shape index (κ1) is 12.8. The summed E-state index contributed by atoms with van der Waals surface area (Å²) >= 11 is 0. The minimum Gasteiger partial charge on any atom is -0.396 e. The van der Waals surface area contributed by atoms with Crippen LogP contribution in [0.3, 0.4) is 0 Å². The molecule has 1 aromatic rings. The summed E-state index contributed by atoms with van der Waals surface area (Å²) in [6, 6.07) is 0. The molecule has 0 spiro atoms. The lowest BCUT2D eigenvalue weighted by Gasteiger charge is -2.08. The molecular formula is C11H20N4O. The Morgan fingerprint density at radius 3 is 2.62 bits per heavy atom. The lowest BCUT2D eigenvalue weighted by molar-refractivity contribution is 0.229.